The summed E-state index contributed by atoms with van der Waals surface area (Å²) in [6.07, 6.45) is 0.519. The van der Waals surface area contributed by atoms with Crippen molar-refractivity contribution in [3.8, 4) is 5.75 Å². The molecule has 0 radical (unpaired) electrons. The van der Waals surface area contributed by atoms with Crippen molar-refractivity contribution in [2.24, 2.45) is 0 Å². The second kappa shape index (κ2) is 8.31. The standard InChI is InChI=1S/C17H16ClFN2O3/c1-24-15-5-3-2-4-11(15)8-9-20-16(22)17(23)21-12-6-7-14(19)13(18)10-12/h2-7,10H,8-9H2,1H3,(H,20,22)(H,21,23). The number of carbonyl (C=O) groups excluding carboxylic acids is 2. The summed E-state index contributed by atoms with van der Waals surface area (Å²) in [5, 5.41) is 4.73. The van der Waals surface area contributed by atoms with Crippen molar-refractivity contribution in [1.29, 1.82) is 0 Å². The molecule has 0 bridgehead atoms. The van der Waals surface area contributed by atoms with E-state index in [2.05, 4.69) is 10.6 Å². The minimum Gasteiger partial charge on any atom is -0.496 e. The lowest BCUT2D eigenvalue weighted by atomic mass is 10.1. The van der Waals surface area contributed by atoms with Crippen LogP contribution in [0.5, 0.6) is 5.75 Å². The van der Waals surface area contributed by atoms with E-state index in [1.54, 1.807) is 7.11 Å². The third-order valence-electron chi connectivity index (χ3n) is 3.26. The van der Waals surface area contributed by atoms with Crippen molar-refractivity contribution in [2.75, 3.05) is 19.0 Å². The SMILES string of the molecule is COc1ccccc1CCNC(=O)C(=O)Nc1ccc(F)c(Cl)c1. The number of ether oxygens (including phenoxy) is 1. The molecule has 0 aliphatic rings. The summed E-state index contributed by atoms with van der Waals surface area (Å²) in [7, 11) is 1.57. The van der Waals surface area contributed by atoms with E-state index in [9.17, 15) is 14.0 Å². The van der Waals surface area contributed by atoms with E-state index >= 15 is 0 Å². The number of methoxy groups -OCH3 is 1. The van der Waals surface area contributed by atoms with Crippen LogP contribution in [0.2, 0.25) is 5.02 Å². The van der Waals surface area contributed by atoms with Gasteiger partial charge in [0, 0.05) is 12.2 Å². The second-order valence-electron chi connectivity index (χ2n) is 4.90. The normalized spacial score (nSPS) is 10.1. The largest absolute Gasteiger partial charge is 0.496 e. The zero-order valence-electron chi connectivity index (χ0n) is 12.9. The maximum Gasteiger partial charge on any atom is 0.313 e. The summed E-state index contributed by atoms with van der Waals surface area (Å²) in [5.74, 6) is -1.52. The van der Waals surface area contributed by atoms with Crippen LogP contribution in [0, 0.1) is 5.82 Å². The van der Waals surface area contributed by atoms with Gasteiger partial charge in [-0.2, -0.15) is 0 Å². The van der Waals surface area contributed by atoms with Crippen LogP contribution in [0.4, 0.5) is 10.1 Å². The van der Waals surface area contributed by atoms with Gasteiger partial charge in [-0.1, -0.05) is 29.8 Å². The number of nitrogens with one attached hydrogen (secondary N) is 2. The Morgan fingerprint density at radius 2 is 1.92 bits per heavy atom. The van der Waals surface area contributed by atoms with Crippen molar-refractivity contribution in [3.63, 3.8) is 0 Å². The summed E-state index contributed by atoms with van der Waals surface area (Å²) in [5.41, 5.74) is 1.16. The highest BCUT2D eigenvalue weighted by atomic mass is 35.5. The van der Waals surface area contributed by atoms with Gasteiger partial charge in [0.15, 0.2) is 0 Å². The van der Waals surface area contributed by atoms with Gasteiger partial charge >= 0.3 is 11.8 Å². The first kappa shape index (κ1) is 17.7. The third kappa shape index (κ3) is 4.70. The van der Waals surface area contributed by atoms with Gasteiger partial charge in [0.05, 0.1) is 12.1 Å². The Hall–Kier alpha value is -2.60. The quantitative estimate of drug-likeness (QED) is 0.815. The van der Waals surface area contributed by atoms with Crippen LogP contribution in [-0.4, -0.2) is 25.5 Å². The van der Waals surface area contributed by atoms with Crippen molar-refractivity contribution in [3.05, 3.63) is 58.9 Å². The molecular weight excluding hydrogens is 335 g/mol. The van der Waals surface area contributed by atoms with Gasteiger partial charge < -0.3 is 15.4 Å². The average molecular weight is 351 g/mol. The Labute approximate surface area is 143 Å². The number of rotatable bonds is 5. The first-order chi connectivity index (χ1) is 11.5. The number of halogens is 2. The Morgan fingerprint density at radius 3 is 2.62 bits per heavy atom. The molecule has 0 spiro atoms. The predicted molar refractivity (Wildman–Crippen MR) is 89.7 cm³/mol. The highest BCUT2D eigenvalue weighted by molar-refractivity contribution is 6.39. The number of benzene rings is 2. The average Bonchev–Trinajstić information content (AvgIpc) is 2.58. The van der Waals surface area contributed by atoms with E-state index in [1.807, 2.05) is 24.3 Å². The molecular formula is C17H16ClFN2O3. The Morgan fingerprint density at radius 1 is 1.17 bits per heavy atom. The molecule has 0 unspecified atom stereocenters. The van der Waals surface area contributed by atoms with Gasteiger partial charge in [-0.3, -0.25) is 9.59 Å². The van der Waals surface area contributed by atoms with Crippen molar-refractivity contribution >= 4 is 29.1 Å². The zero-order valence-corrected chi connectivity index (χ0v) is 13.7. The topological polar surface area (TPSA) is 67.4 Å². The Bertz CT molecular complexity index is 752. The number of anilines is 1. The van der Waals surface area contributed by atoms with Crippen LogP contribution in [0.25, 0.3) is 0 Å². The van der Waals surface area contributed by atoms with Crippen LogP contribution in [0.15, 0.2) is 42.5 Å². The molecule has 7 heteroatoms. The molecule has 2 rings (SSSR count). The molecule has 0 saturated carbocycles. The number of para-hydroxylation sites is 1. The van der Waals surface area contributed by atoms with E-state index in [0.717, 1.165) is 17.4 Å². The van der Waals surface area contributed by atoms with Crippen LogP contribution in [0.1, 0.15) is 5.56 Å². The van der Waals surface area contributed by atoms with Gasteiger partial charge in [0.25, 0.3) is 0 Å². The monoisotopic (exact) mass is 350 g/mol. The summed E-state index contributed by atoms with van der Waals surface area (Å²) >= 11 is 5.62. The molecule has 0 aromatic heterocycles. The first-order valence-corrected chi connectivity index (χ1v) is 7.55. The van der Waals surface area contributed by atoms with Crippen LogP contribution in [-0.2, 0) is 16.0 Å². The lowest BCUT2D eigenvalue weighted by Gasteiger charge is -2.09. The summed E-state index contributed by atoms with van der Waals surface area (Å²) in [6, 6.07) is 11.1. The fourth-order valence-electron chi connectivity index (χ4n) is 2.06. The van der Waals surface area contributed by atoms with E-state index in [-0.39, 0.29) is 17.3 Å². The smallest absolute Gasteiger partial charge is 0.313 e. The third-order valence-corrected chi connectivity index (χ3v) is 3.55. The summed E-state index contributed by atoms with van der Waals surface area (Å²) in [4.78, 5) is 23.6. The van der Waals surface area contributed by atoms with E-state index < -0.39 is 17.6 Å². The van der Waals surface area contributed by atoms with E-state index in [0.29, 0.717) is 6.42 Å². The molecule has 2 N–H and O–H groups in total. The van der Waals surface area contributed by atoms with Gasteiger partial charge in [-0.25, -0.2) is 4.39 Å². The minimum atomic E-state index is -0.849. The minimum absolute atomic E-state index is 0.135. The van der Waals surface area contributed by atoms with Crippen LogP contribution in [0.3, 0.4) is 0 Å². The van der Waals surface area contributed by atoms with Gasteiger partial charge in [-0.05, 0) is 36.2 Å². The second-order valence-corrected chi connectivity index (χ2v) is 5.31. The number of hydrogen-bond acceptors (Lipinski definition) is 3. The highest BCUT2D eigenvalue weighted by Crippen LogP contribution is 2.19. The van der Waals surface area contributed by atoms with Gasteiger partial charge in [0.1, 0.15) is 11.6 Å². The Kier molecular flexibility index (Phi) is 6.14. The van der Waals surface area contributed by atoms with Crippen molar-refractivity contribution in [1.82, 2.24) is 5.32 Å². The summed E-state index contributed by atoms with van der Waals surface area (Å²) < 4.78 is 18.3. The van der Waals surface area contributed by atoms with Crippen LogP contribution < -0.4 is 15.4 Å². The lowest BCUT2D eigenvalue weighted by molar-refractivity contribution is -0.136. The Balaban J connectivity index is 1.85. The molecule has 0 aliphatic carbocycles. The summed E-state index contributed by atoms with van der Waals surface area (Å²) in [6.45, 7) is 0.275. The lowest BCUT2D eigenvalue weighted by Crippen LogP contribution is -2.36. The van der Waals surface area contributed by atoms with Gasteiger partial charge in [-0.15, -0.1) is 0 Å². The number of hydrogen-bond donors (Lipinski definition) is 2. The molecule has 2 amide bonds. The van der Waals surface area contributed by atoms with E-state index in [4.69, 9.17) is 16.3 Å². The first-order valence-electron chi connectivity index (χ1n) is 7.17. The molecule has 24 heavy (non-hydrogen) atoms. The van der Waals surface area contributed by atoms with Crippen LogP contribution >= 0.6 is 11.6 Å². The molecule has 0 atom stereocenters. The van der Waals surface area contributed by atoms with Crippen molar-refractivity contribution in [2.45, 2.75) is 6.42 Å². The van der Waals surface area contributed by atoms with E-state index in [1.165, 1.54) is 12.1 Å². The molecule has 0 saturated heterocycles. The predicted octanol–water partition coefficient (Wildman–Crippen LogP) is 2.79. The number of carbonyl (C=O) groups is 2. The number of amides is 2. The maximum absolute atomic E-state index is 13.1. The fraction of sp³-hybridized carbons (Fsp3) is 0.176. The molecule has 126 valence electrons. The molecule has 2 aromatic carbocycles. The molecule has 0 heterocycles. The maximum atomic E-state index is 13.1. The molecule has 5 nitrogen and oxygen atoms in total. The molecule has 0 aliphatic heterocycles. The zero-order chi connectivity index (χ0) is 17.5. The highest BCUT2D eigenvalue weighted by Gasteiger charge is 2.14. The van der Waals surface area contributed by atoms with Crippen molar-refractivity contribution < 1.29 is 18.7 Å². The van der Waals surface area contributed by atoms with Gasteiger partial charge in [0.2, 0.25) is 0 Å². The molecule has 2 aromatic rings. The molecule has 0 fully saturated rings. The fourth-order valence-corrected chi connectivity index (χ4v) is 2.24.